The van der Waals surface area contributed by atoms with E-state index in [4.69, 9.17) is 17.3 Å². The first-order valence-electron chi connectivity index (χ1n) is 9.75. The van der Waals surface area contributed by atoms with Gasteiger partial charge in [-0.05, 0) is 43.2 Å². The molecule has 3 rings (SSSR count). The molecule has 0 aliphatic rings. The van der Waals surface area contributed by atoms with Crippen LogP contribution in [0.4, 0.5) is 23.4 Å². The van der Waals surface area contributed by atoms with Crippen LogP contribution in [0.5, 0.6) is 5.88 Å². The summed E-state index contributed by atoms with van der Waals surface area (Å²) in [7, 11) is 0. The first-order chi connectivity index (χ1) is 16.1. The van der Waals surface area contributed by atoms with Crippen LogP contribution in [-0.2, 0) is 6.42 Å². The van der Waals surface area contributed by atoms with Crippen LogP contribution in [0.2, 0.25) is 5.02 Å². The second-order valence-electron chi connectivity index (χ2n) is 6.98. The predicted octanol–water partition coefficient (Wildman–Crippen LogP) is 3.82. The lowest BCUT2D eigenvalue weighted by Crippen LogP contribution is -2.25. The minimum atomic E-state index is -4.55. The number of nitrogen functional groups attached to an aromatic ring is 1. The lowest BCUT2D eigenvalue weighted by Gasteiger charge is -2.10. The van der Waals surface area contributed by atoms with Gasteiger partial charge in [0.1, 0.15) is 28.3 Å². The van der Waals surface area contributed by atoms with Crippen LogP contribution in [-0.4, -0.2) is 40.0 Å². The van der Waals surface area contributed by atoms with Gasteiger partial charge < -0.3 is 15.8 Å². The van der Waals surface area contributed by atoms with Gasteiger partial charge in [0.25, 0.3) is 5.91 Å². The molecule has 34 heavy (non-hydrogen) atoms. The Kier molecular flexibility index (Phi) is 7.57. The number of aryl methyl sites for hydroxylation is 1. The van der Waals surface area contributed by atoms with E-state index >= 15 is 0 Å². The van der Waals surface area contributed by atoms with Crippen LogP contribution < -0.4 is 15.8 Å². The number of rotatable bonds is 8. The summed E-state index contributed by atoms with van der Waals surface area (Å²) in [5, 5.41) is 16.1. The molecule has 2 heterocycles. The van der Waals surface area contributed by atoms with Crippen LogP contribution in [0.3, 0.4) is 0 Å². The number of anilines is 1. The van der Waals surface area contributed by atoms with Crippen LogP contribution >= 0.6 is 11.6 Å². The molecular formula is C21H17ClF4N6O2. The number of nitriles is 1. The smallest absolute Gasteiger partial charge is 0.422 e. The van der Waals surface area contributed by atoms with Crippen LogP contribution in [0.25, 0.3) is 5.69 Å². The second-order valence-corrected chi connectivity index (χ2v) is 7.39. The highest BCUT2D eigenvalue weighted by molar-refractivity contribution is 6.32. The fourth-order valence-electron chi connectivity index (χ4n) is 2.92. The molecule has 0 unspecified atom stereocenters. The predicted molar refractivity (Wildman–Crippen MR) is 114 cm³/mol. The van der Waals surface area contributed by atoms with Gasteiger partial charge in [-0.25, -0.2) is 14.1 Å². The average molecular weight is 497 g/mol. The first kappa shape index (κ1) is 24.8. The molecule has 0 atom stereocenters. The van der Waals surface area contributed by atoms with Crippen molar-refractivity contribution in [2.75, 3.05) is 18.9 Å². The molecule has 8 nitrogen and oxygen atoms in total. The minimum Gasteiger partial charge on any atom is -0.467 e. The number of halogens is 5. The van der Waals surface area contributed by atoms with Gasteiger partial charge in [-0.3, -0.25) is 4.79 Å². The third-order valence-electron chi connectivity index (χ3n) is 4.49. The van der Waals surface area contributed by atoms with E-state index in [1.807, 2.05) is 6.07 Å². The van der Waals surface area contributed by atoms with Crippen molar-refractivity contribution in [3.8, 4) is 17.6 Å². The molecule has 1 aromatic carbocycles. The van der Waals surface area contributed by atoms with Gasteiger partial charge >= 0.3 is 6.18 Å². The Hall–Kier alpha value is -3.85. The number of alkyl halides is 3. The maximum atomic E-state index is 13.2. The van der Waals surface area contributed by atoms with E-state index in [1.54, 1.807) is 0 Å². The molecule has 0 spiro atoms. The Morgan fingerprint density at radius 1 is 1.29 bits per heavy atom. The van der Waals surface area contributed by atoms with Gasteiger partial charge in [0.15, 0.2) is 6.61 Å². The average Bonchev–Trinajstić information content (AvgIpc) is 3.10. The number of pyridine rings is 1. The van der Waals surface area contributed by atoms with Crippen LogP contribution in [0.15, 0.2) is 36.5 Å². The maximum Gasteiger partial charge on any atom is 0.422 e. The Balaban J connectivity index is 1.58. The van der Waals surface area contributed by atoms with Crippen molar-refractivity contribution in [3.05, 3.63) is 64.2 Å². The topological polar surface area (TPSA) is 119 Å². The summed E-state index contributed by atoms with van der Waals surface area (Å²) in [6.07, 6.45) is -2.79. The minimum absolute atomic E-state index is 0.0342. The SMILES string of the molecule is N#Cc1c(CCCNC(=O)c2cnc(OCC(F)(F)F)c(Cl)c2)nn(-c2ccc(F)cc2)c1N. The Morgan fingerprint density at radius 3 is 2.62 bits per heavy atom. The van der Waals surface area contributed by atoms with Gasteiger partial charge in [0.2, 0.25) is 5.88 Å². The Labute approximate surface area is 195 Å². The second kappa shape index (κ2) is 10.4. The lowest BCUT2D eigenvalue weighted by molar-refractivity contribution is -0.154. The fourth-order valence-corrected chi connectivity index (χ4v) is 3.14. The van der Waals surface area contributed by atoms with E-state index in [9.17, 15) is 27.6 Å². The number of benzene rings is 1. The zero-order valence-corrected chi connectivity index (χ0v) is 18.1. The van der Waals surface area contributed by atoms with Gasteiger partial charge in [-0.1, -0.05) is 11.6 Å². The maximum absolute atomic E-state index is 13.2. The van der Waals surface area contributed by atoms with Crippen LogP contribution in [0.1, 0.15) is 28.0 Å². The van der Waals surface area contributed by atoms with Gasteiger partial charge in [0.05, 0.1) is 16.9 Å². The molecule has 3 aromatic rings. The number of aromatic nitrogens is 3. The van der Waals surface area contributed by atoms with Crippen LogP contribution in [0, 0.1) is 17.1 Å². The highest BCUT2D eigenvalue weighted by atomic mass is 35.5. The molecule has 13 heteroatoms. The zero-order chi connectivity index (χ0) is 24.9. The summed E-state index contributed by atoms with van der Waals surface area (Å²) in [5.41, 5.74) is 7.12. The molecule has 0 saturated heterocycles. The molecule has 0 saturated carbocycles. The van der Waals surface area contributed by atoms with Crippen molar-refractivity contribution in [3.63, 3.8) is 0 Å². The van der Waals surface area contributed by atoms with E-state index in [-0.39, 0.29) is 28.5 Å². The van der Waals surface area contributed by atoms with Crippen molar-refractivity contribution in [2.45, 2.75) is 19.0 Å². The molecule has 2 aromatic heterocycles. The number of nitrogens with zero attached hydrogens (tertiary/aromatic N) is 4. The summed E-state index contributed by atoms with van der Waals surface area (Å²) in [6, 6.07) is 8.58. The van der Waals surface area contributed by atoms with Crippen molar-refractivity contribution in [2.24, 2.45) is 0 Å². The van der Waals surface area contributed by atoms with E-state index in [2.05, 4.69) is 20.1 Å². The number of nitrogens with two attached hydrogens (primary N) is 1. The molecule has 0 bridgehead atoms. The largest absolute Gasteiger partial charge is 0.467 e. The van der Waals surface area contributed by atoms with Crippen molar-refractivity contribution in [1.29, 1.82) is 5.26 Å². The summed E-state index contributed by atoms with van der Waals surface area (Å²) >= 11 is 5.84. The molecular weight excluding hydrogens is 480 g/mol. The molecule has 178 valence electrons. The normalized spacial score (nSPS) is 11.2. The highest BCUT2D eigenvalue weighted by Crippen LogP contribution is 2.25. The van der Waals surface area contributed by atoms with E-state index in [0.717, 1.165) is 12.3 Å². The van der Waals surface area contributed by atoms with E-state index in [0.29, 0.717) is 24.2 Å². The number of ether oxygens (including phenoxy) is 1. The number of amides is 1. The molecule has 3 N–H and O–H groups in total. The fraction of sp³-hybridized carbons (Fsp3) is 0.238. The summed E-state index contributed by atoms with van der Waals surface area (Å²) in [4.78, 5) is 15.9. The molecule has 1 amide bonds. The highest BCUT2D eigenvalue weighted by Gasteiger charge is 2.29. The van der Waals surface area contributed by atoms with Crippen molar-refractivity contribution < 1.29 is 27.1 Å². The standard InChI is InChI=1S/C21H17ClF4N6O2/c22-16-8-12(10-30-20(16)34-11-21(24,25)26)19(33)29-7-1-2-17-15(9-27)18(28)32(31-17)14-5-3-13(23)4-6-14/h3-6,8,10H,1-2,7,11,28H2,(H,29,33). The lowest BCUT2D eigenvalue weighted by atomic mass is 10.1. The number of carbonyl (C=O) groups is 1. The molecule has 0 aliphatic heterocycles. The van der Waals surface area contributed by atoms with Gasteiger partial charge in [-0.15, -0.1) is 0 Å². The van der Waals surface area contributed by atoms with Crippen molar-refractivity contribution >= 4 is 23.3 Å². The quantitative estimate of drug-likeness (QED) is 0.361. The monoisotopic (exact) mass is 496 g/mol. The molecule has 0 radical (unpaired) electrons. The molecule has 0 aliphatic carbocycles. The van der Waals surface area contributed by atoms with E-state index < -0.39 is 30.4 Å². The number of carbonyl (C=O) groups excluding carboxylic acids is 1. The third-order valence-corrected chi connectivity index (χ3v) is 4.77. The third kappa shape index (κ3) is 6.14. The Bertz CT molecular complexity index is 1220. The summed E-state index contributed by atoms with van der Waals surface area (Å²) in [6.45, 7) is -1.37. The Morgan fingerprint density at radius 2 is 2.00 bits per heavy atom. The van der Waals surface area contributed by atoms with E-state index in [1.165, 1.54) is 28.9 Å². The first-order valence-corrected chi connectivity index (χ1v) is 10.1. The number of nitrogens with one attached hydrogen (secondary N) is 1. The number of hydrogen-bond donors (Lipinski definition) is 2. The summed E-state index contributed by atoms with van der Waals surface area (Å²) in [5.74, 6) is -1.30. The molecule has 0 fully saturated rings. The summed E-state index contributed by atoms with van der Waals surface area (Å²) < 4.78 is 55.7. The van der Waals surface area contributed by atoms with Gasteiger partial charge in [-0.2, -0.15) is 23.5 Å². The van der Waals surface area contributed by atoms with Crippen molar-refractivity contribution in [1.82, 2.24) is 20.1 Å². The van der Waals surface area contributed by atoms with Gasteiger partial charge in [0, 0.05) is 12.7 Å². The zero-order valence-electron chi connectivity index (χ0n) is 17.4. The number of hydrogen-bond acceptors (Lipinski definition) is 6.